The van der Waals surface area contributed by atoms with Crippen LogP contribution in [0.2, 0.25) is 0 Å². The summed E-state index contributed by atoms with van der Waals surface area (Å²) < 4.78 is 0. The lowest BCUT2D eigenvalue weighted by atomic mass is 10.0. The molecule has 0 atom stereocenters. The fourth-order valence-electron chi connectivity index (χ4n) is 8.77. The molecule has 0 aliphatic rings. The first-order valence-corrected chi connectivity index (χ1v) is 28.4. The van der Waals surface area contributed by atoms with Gasteiger partial charge >= 0.3 is 0 Å². The second-order valence-electron chi connectivity index (χ2n) is 18.8. The Bertz CT molecular complexity index is 663. The molecular weight excluding hydrogens is 704 g/mol. The lowest BCUT2D eigenvalue weighted by Crippen LogP contribution is -1.84. The molecule has 0 aliphatic heterocycles. The maximum absolute atomic E-state index is 2.42. The van der Waals surface area contributed by atoms with E-state index >= 15 is 0 Å². The Balaban J connectivity index is 3.14. The van der Waals surface area contributed by atoms with Gasteiger partial charge in [0.15, 0.2) is 0 Å². The molecule has 0 aliphatic carbocycles. The molecule has 0 saturated heterocycles. The quantitative estimate of drug-likeness (QED) is 0.0424. The molecule has 0 fully saturated rings. The largest absolute Gasteiger partial charge is 0.0834 e. The minimum absolute atomic E-state index is 1.28. The third kappa shape index (κ3) is 55.9. The van der Waals surface area contributed by atoms with Crippen molar-refractivity contribution in [1.82, 2.24) is 0 Å². The summed E-state index contributed by atoms with van der Waals surface area (Å²) in [5.41, 5.74) is 0. The van der Waals surface area contributed by atoms with Crippen LogP contribution < -0.4 is 0 Å². The van der Waals surface area contributed by atoms with E-state index in [9.17, 15) is 0 Å². The maximum atomic E-state index is 2.42. The lowest BCUT2D eigenvalue weighted by Gasteiger charge is -2.04. The van der Waals surface area contributed by atoms with Crippen LogP contribution in [0.4, 0.5) is 0 Å². The molecule has 0 saturated carbocycles. The van der Waals surface area contributed by atoms with Crippen molar-refractivity contribution in [2.24, 2.45) is 0 Å². The van der Waals surface area contributed by atoms with Gasteiger partial charge in [0.1, 0.15) is 0 Å². The van der Waals surface area contributed by atoms with Crippen LogP contribution in [0.1, 0.15) is 335 Å². The van der Waals surface area contributed by atoms with Gasteiger partial charge in [0, 0.05) is 0 Å². The number of rotatable bonds is 52. The molecule has 57 heavy (non-hydrogen) atoms. The van der Waals surface area contributed by atoms with Crippen LogP contribution in [-0.2, 0) is 0 Å². The number of hydrogen-bond donors (Lipinski definition) is 0. The number of hydrogen-bond acceptors (Lipinski definition) is 0. The van der Waals surface area contributed by atoms with E-state index in [2.05, 4.69) is 37.6 Å². The fraction of sp³-hybridized carbons (Fsp3) is 0.929. The van der Waals surface area contributed by atoms with E-state index in [0.717, 1.165) is 0 Å². The Morgan fingerprint density at radius 2 is 0.333 bits per heavy atom. The molecule has 0 aromatic heterocycles. The van der Waals surface area contributed by atoms with Gasteiger partial charge in [-0.25, -0.2) is 0 Å². The lowest BCUT2D eigenvalue weighted by molar-refractivity contribution is 0.517. The highest BCUT2D eigenvalue weighted by molar-refractivity contribution is 7.45. The molecular formula is C56H110P. The summed E-state index contributed by atoms with van der Waals surface area (Å²) in [6.45, 7) is 4.62. The topological polar surface area (TPSA) is 0 Å². The molecule has 0 bridgehead atoms. The van der Waals surface area contributed by atoms with Gasteiger partial charge in [-0.15, -0.1) is 0 Å². The van der Waals surface area contributed by atoms with Gasteiger partial charge in [-0.2, -0.15) is 0 Å². The zero-order valence-corrected chi connectivity index (χ0v) is 41.0. The second kappa shape index (κ2) is 55.9. The molecule has 0 spiro atoms. The summed E-state index contributed by atoms with van der Waals surface area (Å²) in [5, 5.41) is 0. The van der Waals surface area contributed by atoms with Gasteiger partial charge in [-0.05, 0) is 34.3 Å². The SMILES string of the molecule is CCCCCCCCCCCCCCCCCCCCCCCCCC/C=C/[P]/C=C/CCCCCCCCCCCCCCCCCCCCCCCCCC. The molecule has 1 radical (unpaired) electrons. The summed E-state index contributed by atoms with van der Waals surface area (Å²) >= 11 is 0. The van der Waals surface area contributed by atoms with Crippen LogP contribution in [0.5, 0.6) is 0 Å². The third-order valence-corrected chi connectivity index (χ3v) is 13.6. The average molecular weight is 814 g/mol. The molecule has 0 aromatic carbocycles. The van der Waals surface area contributed by atoms with Crippen LogP contribution in [-0.4, -0.2) is 0 Å². The van der Waals surface area contributed by atoms with Crippen LogP contribution >= 0.6 is 8.58 Å². The van der Waals surface area contributed by atoms with E-state index in [1.807, 2.05) is 0 Å². The van der Waals surface area contributed by atoms with Crippen LogP contribution in [0.3, 0.4) is 0 Å². The van der Waals surface area contributed by atoms with Crippen LogP contribution in [0, 0.1) is 0 Å². The van der Waals surface area contributed by atoms with Gasteiger partial charge in [0.05, 0.1) is 0 Å². The maximum Gasteiger partial charge on any atom is -0.0267 e. The summed E-state index contributed by atoms with van der Waals surface area (Å²) in [6.07, 6.45) is 77.9. The first-order chi connectivity index (χ1) is 28.4. The highest BCUT2D eigenvalue weighted by Gasteiger charge is 1.98. The van der Waals surface area contributed by atoms with Gasteiger partial charge < -0.3 is 0 Å². The van der Waals surface area contributed by atoms with E-state index in [0.29, 0.717) is 0 Å². The monoisotopic (exact) mass is 814 g/mol. The Kier molecular flexibility index (Phi) is 55.8. The Hall–Kier alpha value is -0.0900. The van der Waals surface area contributed by atoms with E-state index in [-0.39, 0.29) is 0 Å². The second-order valence-corrected chi connectivity index (χ2v) is 19.7. The Labute approximate surface area is 365 Å². The fourth-order valence-corrected chi connectivity index (χ4v) is 9.41. The van der Waals surface area contributed by atoms with Gasteiger partial charge in [0.2, 0.25) is 0 Å². The molecule has 0 rings (SSSR count). The average Bonchev–Trinajstić information content (AvgIpc) is 3.22. The van der Waals surface area contributed by atoms with E-state index in [4.69, 9.17) is 0 Å². The predicted octanol–water partition coefficient (Wildman–Crippen LogP) is 22.5. The van der Waals surface area contributed by atoms with Crippen molar-refractivity contribution in [3.05, 3.63) is 23.8 Å². The molecule has 0 N–H and O–H groups in total. The summed E-state index contributed by atoms with van der Waals surface area (Å²) in [4.78, 5) is 0. The van der Waals surface area contributed by atoms with Crippen molar-refractivity contribution in [1.29, 1.82) is 0 Å². The van der Waals surface area contributed by atoms with Gasteiger partial charge in [-0.3, -0.25) is 0 Å². The summed E-state index contributed by atoms with van der Waals surface area (Å²) in [6, 6.07) is 0. The zero-order valence-electron chi connectivity index (χ0n) is 40.1. The molecule has 0 nitrogen and oxygen atoms in total. The highest BCUT2D eigenvalue weighted by Crippen LogP contribution is 2.19. The third-order valence-electron chi connectivity index (χ3n) is 12.8. The predicted molar refractivity (Wildman–Crippen MR) is 267 cm³/mol. The van der Waals surface area contributed by atoms with E-state index in [1.54, 1.807) is 0 Å². The first kappa shape index (κ1) is 56.9. The first-order valence-electron chi connectivity index (χ1n) is 27.4. The number of unbranched alkanes of at least 4 members (excludes halogenated alkanes) is 48. The zero-order chi connectivity index (χ0) is 40.9. The standard InChI is InChI=1S/C56H110P/c1-3-5-7-9-11-13-15-17-19-21-23-25-27-29-31-33-35-37-39-41-43-45-47-49-51-53-55-57-56-54-52-50-48-46-44-42-40-38-36-34-32-30-28-26-24-22-20-18-16-14-12-10-8-6-4-2/h53-56H,3-52H2,1-2H3/b55-53+,56-54+. The molecule has 1 heteroatoms. The van der Waals surface area contributed by atoms with E-state index < -0.39 is 0 Å². The molecule has 0 aromatic rings. The molecule has 339 valence electrons. The normalized spacial score (nSPS) is 12.0. The van der Waals surface area contributed by atoms with Crippen molar-refractivity contribution >= 4 is 8.58 Å². The Morgan fingerprint density at radius 3 is 0.491 bits per heavy atom. The van der Waals surface area contributed by atoms with Crippen molar-refractivity contribution in [2.75, 3.05) is 0 Å². The molecule has 0 heterocycles. The Morgan fingerprint density at radius 1 is 0.193 bits per heavy atom. The molecule has 0 unspecified atom stereocenters. The van der Waals surface area contributed by atoms with Gasteiger partial charge in [0.25, 0.3) is 0 Å². The summed E-state index contributed by atoms with van der Waals surface area (Å²) in [5.74, 6) is 4.74. The smallest absolute Gasteiger partial charge is 0.0267 e. The van der Waals surface area contributed by atoms with Gasteiger partial charge in [-0.1, -0.05) is 333 Å². The summed E-state index contributed by atoms with van der Waals surface area (Å²) in [7, 11) is 1.38. The highest BCUT2D eigenvalue weighted by atomic mass is 31.1. The minimum atomic E-state index is 1.28. The van der Waals surface area contributed by atoms with Crippen LogP contribution in [0.25, 0.3) is 0 Å². The van der Waals surface area contributed by atoms with Crippen LogP contribution in [0.15, 0.2) is 23.8 Å². The van der Waals surface area contributed by atoms with Crippen molar-refractivity contribution in [3.63, 3.8) is 0 Å². The molecule has 0 amide bonds. The number of allylic oxidation sites excluding steroid dienone is 2. The van der Waals surface area contributed by atoms with Crippen molar-refractivity contribution in [3.8, 4) is 0 Å². The van der Waals surface area contributed by atoms with Crippen molar-refractivity contribution < 1.29 is 0 Å². The minimum Gasteiger partial charge on any atom is -0.0834 e. The van der Waals surface area contributed by atoms with E-state index in [1.165, 1.54) is 330 Å². The van der Waals surface area contributed by atoms with Crippen molar-refractivity contribution in [2.45, 2.75) is 335 Å².